The van der Waals surface area contributed by atoms with Crippen molar-refractivity contribution >= 4 is 48.9 Å². The molecule has 3 nitrogen and oxygen atoms in total. The van der Waals surface area contributed by atoms with Crippen LogP contribution in [-0.2, 0) is 0 Å². The number of pyridine rings is 1. The Morgan fingerprint density at radius 2 is 1.78 bits per heavy atom. The fourth-order valence-corrected chi connectivity index (χ4v) is 2.77. The first kappa shape index (κ1) is 13.4. The van der Waals surface area contributed by atoms with E-state index in [1.807, 2.05) is 30.5 Å². The zero-order chi connectivity index (χ0) is 13.0. The van der Waals surface area contributed by atoms with E-state index in [0.29, 0.717) is 0 Å². The van der Waals surface area contributed by atoms with Gasteiger partial charge in [-0.15, -0.1) is 0 Å². The van der Waals surface area contributed by atoms with Crippen LogP contribution in [0.5, 0.6) is 0 Å². The van der Waals surface area contributed by atoms with Crippen molar-refractivity contribution in [3.63, 3.8) is 0 Å². The molecule has 94 valence electrons. The summed E-state index contributed by atoms with van der Waals surface area (Å²) in [4.78, 5) is 4.20. The average Bonchev–Trinajstić information content (AvgIpc) is 2.35. The largest absolute Gasteiger partial charge is 0.384 e. The zero-order valence-corrected chi connectivity index (χ0v) is 13.0. The van der Waals surface area contributed by atoms with E-state index in [-0.39, 0.29) is 0 Å². The first-order chi connectivity index (χ1) is 8.70. The van der Waals surface area contributed by atoms with Crippen LogP contribution in [0, 0.1) is 0 Å². The maximum atomic E-state index is 4.20. The summed E-state index contributed by atoms with van der Waals surface area (Å²) in [5, 5.41) is 6.58. The third-order valence-electron chi connectivity index (χ3n) is 2.35. The Morgan fingerprint density at radius 3 is 2.44 bits per heavy atom. The fourth-order valence-electron chi connectivity index (χ4n) is 1.57. The second-order valence-electron chi connectivity index (χ2n) is 3.71. The Bertz CT molecular complexity index is 523. The Labute approximate surface area is 123 Å². The molecule has 0 spiro atoms. The number of nitrogens with one attached hydrogen (secondary N) is 2. The first-order valence-electron chi connectivity index (χ1n) is 5.60. The van der Waals surface area contributed by atoms with Gasteiger partial charge in [0.25, 0.3) is 0 Å². The van der Waals surface area contributed by atoms with Gasteiger partial charge in [0.1, 0.15) is 0 Å². The molecule has 1 aromatic carbocycles. The summed E-state index contributed by atoms with van der Waals surface area (Å²) >= 11 is 7.05. The van der Waals surface area contributed by atoms with Crippen molar-refractivity contribution < 1.29 is 0 Å². The molecule has 0 amide bonds. The van der Waals surface area contributed by atoms with Gasteiger partial charge in [-0.3, -0.25) is 4.98 Å². The van der Waals surface area contributed by atoms with Crippen LogP contribution in [-0.4, -0.2) is 11.5 Å². The predicted octanol–water partition coefficient (Wildman–Crippen LogP) is 4.78. The number of halogens is 2. The number of benzene rings is 1. The van der Waals surface area contributed by atoms with Crippen LogP contribution in [0.1, 0.15) is 6.92 Å². The molecule has 0 saturated carbocycles. The summed E-state index contributed by atoms with van der Waals surface area (Å²) < 4.78 is 2.01. The molecule has 1 heterocycles. The molecule has 0 radical (unpaired) electrons. The molecule has 2 rings (SSSR count). The SMILES string of the molecule is CCNc1cncc(Nc2c(Br)cccc2Br)c1. The number of hydrogen-bond donors (Lipinski definition) is 2. The predicted molar refractivity (Wildman–Crippen MR) is 83.5 cm³/mol. The fraction of sp³-hybridized carbons (Fsp3) is 0.154. The molecule has 1 aromatic heterocycles. The van der Waals surface area contributed by atoms with Gasteiger partial charge < -0.3 is 10.6 Å². The van der Waals surface area contributed by atoms with Crippen LogP contribution < -0.4 is 10.6 Å². The van der Waals surface area contributed by atoms with Gasteiger partial charge in [-0.1, -0.05) is 6.07 Å². The zero-order valence-electron chi connectivity index (χ0n) is 9.87. The van der Waals surface area contributed by atoms with Crippen molar-refractivity contribution in [2.24, 2.45) is 0 Å². The van der Waals surface area contributed by atoms with Crippen molar-refractivity contribution in [2.45, 2.75) is 6.92 Å². The van der Waals surface area contributed by atoms with Gasteiger partial charge in [0.05, 0.1) is 29.5 Å². The van der Waals surface area contributed by atoms with Crippen LogP contribution in [0.3, 0.4) is 0 Å². The molecule has 5 heteroatoms. The second-order valence-corrected chi connectivity index (χ2v) is 5.42. The van der Waals surface area contributed by atoms with Gasteiger partial charge in [0.2, 0.25) is 0 Å². The number of nitrogens with zero attached hydrogens (tertiary/aromatic N) is 1. The van der Waals surface area contributed by atoms with Crippen LogP contribution in [0.15, 0.2) is 45.6 Å². The molecule has 0 saturated heterocycles. The van der Waals surface area contributed by atoms with E-state index in [9.17, 15) is 0 Å². The summed E-state index contributed by atoms with van der Waals surface area (Å²) in [5.74, 6) is 0. The minimum atomic E-state index is 0.879. The van der Waals surface area contributed by atoms with Crippen LogP contribution in [0.25, 0.3) is 0 Å². The lowest BCUT2D eigenvalue weighted by molar-refractivity contribution is 1.19. The molecule has 2 N–H and O–H groups in total. The minimum Gasteiger partial charge on any atom is -0.384 e. The standard InChI is InChI=1S/C13H13Br2N3/c1-2-17-9-6-10(8-16-7-9)18-13-11(14)4-3-5-12(13)15/h3-8,17-18H,2H2,1H3. The number of para-hydroxylation sites is 1. The molecule has 0 atom stereocenters. The smallest absolute Gasteiger partial charge is 0.0673 e. The first-order valence-corrected chi connectivity index (χ1v) is 7.19. The van der Waals surface area contributed by atoms with Crippen molar-refractivity contribution in [2.75, 3.05) is 17.2 Å². The summed E-state index contributed by atoms with van der Waals surface area (Å²) in [7, 11) is 0. The molecule has 0 aliphatic rings. The molecule has 0 bridgehead atoms. The lowest BCUT2D eigenvalue weighted by atomic mass is 10.3. The molecular weight excluding hydrogens is 358 g/mol. The highest BCUT2D eigenvalue weighted by Crippen LogP contribution is 2.33. The monoisotopic (exact) mass is 369 g/mol. The third-order valence-corrected chi connectivity index (χ3v) is 3.67. The van der Waals surface area contributed by atoms with Gasteiger partial charge in [-0.2, -0.15) is 0 Å². The highest BCUT2D eigenvalue weighted by Gasteiger charge is 2.05. The van der Waals surface area contributed by atoms with E-state index in [4.69, 9.17) is 0 Å². The van der Waals surface area contributed by atoms with E-state index in [1.54, 1.807) is 6.20 Å². The quantitative estimate of drug-likeness (QED) is 0.812. The molecule has 0 aliphatic carbocycles. The van der Waals surface area contributed by atoms with Gasteiger partial charge >= 0.3 is 0 Å². The van der Waals surface area contributed by atoms with Crippen molar-refractivity contribution in [3.05, 3.63) is 45.6 Å². The molecule has 0 fully saturated rings. The van der Waals surface area contributed by atoms with Crippen LogP contribution in [0.4, 0.5) is 17.1 Å². The van der Waals surface area contributed by atoms with Crippen LogP contribution >= 0.6 is 31.9 Å². The number of hydrogen-bond acceptors (Lipinski definition) is 3. The minimum absolute atomic E-state index is 0.879. The van der Waals surface area contributed by atoms with E-state index in [1.165, 1.54) is 0 Å². The third kappa shape index (κ3) is 3.23. The molecule has 2 aromatic rings. The molecule has 18 heavy (non-hydrogen) atoms. The van der Waals surface area contributed by atoms with E-state index >= 15 is 0 Å². The summed E-state index contributed by atoms with van der Waals surface area (Å²) in [5.41, 5.74) is 2.94. The number of aromatic nitrogens is 1. The number of anilines is 3. The lowest BCUT2D eigenvalue weighted by Gasteiger charge is -2.11. The summed E-state index contributed by atoms with van der Waals surface area (Å²) in [6.07, 6.45) is 3.61. The molecule has 0 aliphatic heterocycles. The topological polar surface area (TPSA) is 37.0 Å². The lowest BCUT2D eigenvalue weighted by Crippen LogP contribution is -1.99. The van der Waals surface area contributed by atoms with Crippen molar-refractivity contribution in [1.29, 1.82) is 0 Å². The van der Waals surface area contributed by atoms with Gasteiger partial charge in [-0.25, -0.2) is 0 Å². The Morgan fingerprint density at radius 1 is 1.11 bits per heavy atom. The molecule has 0 unspecified atom stereocenters. The van der Waals surface area contributed by atoms with Crippen LogP contribution in [0.2, 0.25) is 0 Å². The number of rotatable bonds is 4. The molecular formula is C13H13Br2N3. The van der Waals surface area contributed by atoms with Gasteiger partial charge in [-0.05, 0) is 57.0 Å². The Kier molecular flexibility index (Phi) is 4.60. The summed E-state index contributed by atoms with van der Waals surface area (Å²) in [6.45, 7) is 2.94. The highest BCUT2D eigenvalue weighted by molar-refractivity contribution is 9.11. The van der Waals surface area contributed by atoms with Gasteiger partial charge in [0.15, 0.2) is 0 Å². The van der Waals surface area contributed by atoms with Gasteiger partial charge in [0, 0.05) is 15.5 Å². The second kappa shape index (κ2) is 6.20. The van der Waals surface area contributed by atoms with Crippen molar-refractivity contribution in [1.82, 2.24) is 4.98 Å². The Hall–Kier alpha value is -1.07. The maximum Gasteiger partial charge on any atom is 0.0673 e. The van der Waals surface area contributed by atoms with E-state index < -0.39 is 0 Å². The summed E-state index contributed by atoms with van der Waals surface area (Å²) in [6, 6.07) is 8.00. The average molecular weight is 371 g/mol. The Balaban J connectivity index is 2.26. The van der Waals surface area contributed by atoms with E-state index in [2.05, 4.69) is 54.4 Å². The normalized spacial score (nSPS) is 10.2. The van der Waals surface area contributed by atoms with Crippen molar-refractivity contribution in [3.8, 4) is 0 Å². The highest BCUT2D eigenvalue weighted by atomic mass is 79.9. The van der Waals surface area contributed by atoms with E-state index in [0.717, 1.165) is 32.6 Å². The maximum absolute atomic E-state index is 4.20.